The first kappa shape index (κ1) is 27.9. The molecular formula is C37H39N3O2. The van der Waals surface area contributed by atoms with Crippen molar-refractivity contribution < 1.29 is 9.59 Å². The number of carbonyl (C=O) groups is 2. The topological polar surface area (TPSA) is 52.7 Å². The molecule has 5 heteroatoms. The zero-order chi connectivity index (χ0) is 28.8. The fraction of sp³-hybridized carbons (Fsp3) is 0.297. The zero-order valence-electron chi connectivity index (χ0n) is 24.1. The monoisotopic (exact) mass is 557 g/mol. The number of carbonyl (C=O) groups excluding carboxylic acids is 2. The van der Waals surface area contributed by atoms with Crippen LogP contribution >= 0.6 is 0 Å². The van der Waals surface area contributed by atoms with Crippen LogP contribution in [-0.2, 0) is 15.0 Å². The molecule has 2 aliphatic heterocycles. The number of piperidine rings is 2. The van der Waals surface area contributed by atoms with Crippen molar-refractivity contribution in [3.63, 3.8) is 0 Å². The largest absolute Gasteiger partial charge is 0.352 e. The maximum absolute atomic E-state index is 14.2. The van der Waals surface area contributed by atoms with E-state index in [1.54, 1.807) is 4.90 Å². The van der Waals surface area contributed by atoms with E-state index in [9.17, 15) is 9.59 Å². The maximum Gasteiger partial charge on any atom is 0.239 e. The van der Waals surface area contributed by atoms with Gasteiger partial charge in [-0.1, -0.05) is 121 Å². The quantitative estimate of drug-likeness (QED) is 0.291. The van der Waals surface area contributed by atoms with Gasteiger partial charge < -0.3 is 10.2 Å². The lowest BCUT2D eigenvalue weighted by atomic mass is 9.68. The highest BCUT2D eigenvalue weighted by Crippen LogP contribution is 2.41. The molecule has 2 aliphatic rings. The van der Waals surface area contributed by atoms with Crippen LogP contribution in [-0.4, -0.2) is 53.8 Å². The Balaban J connectivity index is 1.12. The summed E-state index contributed by atoms with van der Waals surface area (Å²) in [4.78, 5) is 31.8. The molecule has 214 valence electrons. The standard InChI is InChI=1S/C37H39N3O2/c41-34(28-40-25-13-24-37(36(40)42,31-18-9-3-10-19-31)32-20-11-4-12-21-32)38-33-22-26-39(27-23-33)35(29-14-5-1-6-15-29)30-16-7-2-8-17-30/h1-12,14-21,33,35H,13,22-28H2,(H,38,41). The highest BCUT2D eigenvalue weighted by Gasteiger charge is 2.47. The third-order valence-corrected chi connectivity index (χ3v) is 8.99. The van der Waals surface area contributed by atoms with E-state index >= 15 is 0 Å². The Morgan fingerprint density at radius 1 is 0.714 bits per heavy atom. The van der Waals surface area contributed by atoms with E-state index in [4.69, 9.17) is 0 Å². The van der Waals surface area contributed by atoms with Crippen LogP contribution in [0.1, 0.15) is 54.0 Å². The average molecular weight is 558 g/mol. The van der Waals surface area contributed by atoms with Crippen molar-refractivity contribution in [1.29, 1.82) is 0 Å². The Labute approximate surface area is 249 Å². The minimum Gasteiger partial charge on any atom is -0.352 e. The van der Waals surface area contributed by atoms with Gasteiger partial charge in [0.15, 0.2) is 0 Å². The molecule has 0 atom stereocenters. The number of likely N-dealkylation sites (tertiary alicyclic amines) is 2. The van der Waals surface area contributed by atoms with E-state index < -0.39 is 5.41 Å². The van der Waals surface area contributed by atoms with Crippen molar-refractivity contribution in [3.8, 4) is 0 Å². The van der Waals surface area contributed by atoms with E-state index in [0.29, 0.717) is 6.54 Å². The number of benzene rings is 4. The molecule has 2 fully saturated rings. The first-order valence-corrected chi connectivity index (χ1v) is 15.2. The lowest BCUT2D eigenvalue weighted by Gasteiger charge is -2.42. The molecular weight excluding hydrogens is 518 g/mol. The van der Waals surface area contributed by atoms with E-state index in [-0.39, 0.29) is 30.4 Å². The van der Waals surface area contributed by atoms with Crippen molar-refractivity contribution in [2.24, 2.45) is 0 Å². The molecule has 4 aromatic rings. The second-order valence-electron chi connectivity index (χ2n) is 11.6. The summed E-state index contributed by atoms with van der Waals surface area (Å²) in [5.74, 6) is -0.0499. The van der Waals surface area contributed by atoms with E-state index in [1.165, 1.54) is 11.1 Å². The Morgan fingerprint density at radius 3 is 1.69 bits per heavy atom. The number of hydrogen-bond acceptors (Lipinski definition) is 3. The highest BCUT2D eigenvalue weighted by atomic mass is 16.2. The minimum absolute atomic E-state index is 0.0182. The molecule has 0 bridgehead atoms. The number of rotatable bonds is 8. The fourth-order valence-electron chi connectivity index (χ4n) is 6.95. The Morgan fingerprint density at radius 2 is 1.19 bits per heavy atom. The molecule has 6 rings (SSSR count). The third-order valence-electron chi connectivity index (χ3n) is 8.99. The molecule has 0 saturated carbocycles. The van der Waals surface area contributed by atoms with E-state index in [0.717, 1.165) is 49.9 Å². The van der Waals surface area contributed by atoms with E-state index in [1.807, 2.05) is 60.7 Å². The van der Waals surface area contributed by atoms with Crippen LogP contribution < -0.4 is 5.32 Å². The van der Waals surface area contributed by atoms with Crippen molar-refractivity contribution in [2.45, 2.75) is 43.2 Å². The van der Waals surface area contributed by atoms with Crippen LogP contribution in [0, 0.1) is 0 Å². The summed E-state index contributed by atoms with van der Waals surface area (Å²) >= 11 is 0. The van der Waals surface area contributed by atoms with Gasteiger partial charge in [0.05, 0.1) is 18.0 Å². The van der Waals surface area contributed by atoms with Crippen molar-refractivity contribution >= 4 is 11.8 Å². The van der Waals surface area contributed by atoms with Gasteiger partial charge in [0.1, 0.15) is 0 Å². The van der Waals surface area contributed by atoms with Crippen molar-refractivity contribution in [3.05, 3.63) is 144 Å². The second-order valence-corrected chi connectivity index (χ2v) is 11.6. The predicted molar refractivity (Wildman–Crippen MR) is 167 cm³/mol. The molecule has 0 aromatic heterocycles. The Bertz CT molecular complexity index is 1370. The van der Waals surface area contributed by atoms with Crippen LogP contribution in [0.4, 0.5) is 0 Å². The van der Waals surface area contributed by atoms with Gasteiger partial charge in [-0.3, -0.25) is 14.5 Å². The normalized spacial score (nSPS) is 17.7. The Kier molecular flexibility index (Phi) is 8.47. The summed E-state index contributed by atoms with van der Waals surface area (Å²) < 4.78 is 0. The van der Waals surface area contributed by atoms with Gasteiger partial charge in [-0.05, 0) is 47.9 Å². The minimum atomic E-state index is -0.768. The summed E-state index contributed by atoms with van der Waals surface area (Å²) in [7, 11) is 0. The van der Waals surface area contributed by atoms with Crippen LogP contribution in [0.2, 0.25) is 0 Å². The lowest BCUT2D eigenvalue weighted by molar-refractivity contribution is -0.142. The van der Waals surface area contributed by atoms with E-state index in [2.05, 4.69) is 70.9 Å². The van der Waals surface area contributed by atoms with Crippen LogP contribution in [0.5, 0.6) is 0 Å². The van der Waals surface area contributed by atoms with Gasteiger partial charge in [0, 0.05) is 25.7 Å². The second kappa shape index (κ2) is 12.7. The molecule has 2 amide bonds. The van der Waals surface area contributed by atoms with Gasteiger partial charge in [-0.15, -0.1) is 0 Å². The molecule has 2 heterocycles. The van der Waals surface area contributed by atoms with Gasteiger partial charge in [-0.2, -0.15) is 0 Å². The smallest absolute Gasteiger partial charge is 0.239 e. The summed E-state index contributed by atoms with van der Waals surface area (Å²) in [6.45, 7) is 2.49. The molecule has 0 unspecified atom stereocenters. The Hall–Kier alpha value is -4.22. The molecule has 0 spiro atoms. The van der Waals surface area contributed by atoms with Crippen LogP contribution in [0.15, 0.2) is 121 Å². The summed E-state index contributed by atoms with van der Waals surface area (Å²) in [5, 5.41) is 3.27. The predicted octanol–water partition coefficient (Wildman–Crippen LogP) is 5.97. The number of nitrogens with zero attached hydrogens (tertiary/aromatic N) is 2. The number of nitrogens with one attached hydrogen (secondary N) is 1. The SMILES string of the molecule is O=C(CN1CCCC(c2ccccc2)(c2ccccc2)C1=O)NC1CCN(C(c2ccccc2)c2ccccc2)CC1. The highest BCUT2D eigenvalue weighted by molar-refractivity contribution is 5.95. The third kappa shape index (κ3) is 5.75. The average Bonchev–Trinajstić information content (AvgIpc) is 3.05. The van der Waals surface area contributed by atoms with Crippen molar-refractivity contribution in [1.82, 2.24) is 15.1 Å². The number of hydrogen-bond donors (Lipinski definition) is 1. The fourth-order valence-corrected chi connectivity index (χ4v) is 6.95. The van der Waals surface area contributed by atoms with Gasteiger partial charge in [0.2, 0.25) is 11.8 Å². The first-order valence-electron chi connectivity index (χ1n) is 15.2. The number of amides is 2. The molecule has 0 radical (unpaired) electrons. The summed E-state index contributed by atoms with van der Waals surface area (Å²) in [5.41, 5.74) is 3.79. The van der Waals surface area contributed by atoms with Crippen LogP contribution in [0.25, 0.3) is 0 Å². The van der Waals surface area contributed by atoms with Crippen molar-refractivity contribution in [2.75, 3.05) is 26.2 Å². The zero-order valence-corrected chi connectivity index (χ0v) is 24.1. The summed E-state index contributed by atoms with van der Waals surface area (Å²) in [6.07, 6.45) is 3.35. The first-order chi connectivity index (χ1) is 20.6. The molecule has 1 N–H and O–H groups in total. The lowest BCUT2D eigenvalue weighted by Crippen LogP contribution is -2.55. The van der Waals surface area contributed by atoms with Gasteiger partial charge in [-0.25, -0.2) is 0 Å². The molecule has 2 saturated heterocycles. The molecule has 5 nitrogen and oxygen atoms in total. The summed E-state index contributed by atoms with van der Waals surface area (Å²) in [6, 6.07) is 41.7. The van der Waals surface area contributed by atoms with Gasteiger partial charge >= 0.3 is 0 Å². The molecule has 0 aliphatic carbocycles. The maximum atomic E-state index is 14.2. The van der Waals surface area contributed by atoms with Crippen LogP contribution in [0.3, 0.4) is 0 Å². The van der Waals surface area contributed by atoms with Gasteiger partial charge in [0.25, 0.3) is 0 Å². The molecule has 42 heavy (non-hydrogen) atoms. The molecule has 4 aromatic carbocycles.